The van der Waals surface area contributed by atoms with Crippen LogP contribution in [0.1, 0.15) is 47.8 Å². The predicted molar refractivity (Wildman–Crippen MR) is 145 cm³/mol. The van der Waals surface area contributed by atoms with E-state index in [9.17, 15) is 9.90 Å². The third-order valence-corrected chi connectivity index (χ3v) is 16.4. The molecule has 0 radical (unpaired) electrons. The van der Waals surface area contributed by atoms with Crippen molar-refractivity contribution in [2.45, 2.75) is 102 Å². The molecule has 1 aromatic heterocycles. The molecule has 1 N–H and O–H groups in total. The predicted octanol–water partition coefficient (Wildman–Crippen LogP) is 4.14. The highest BCUT2D eigenvalue weighted by Gasteiger charge is 2.54. The number of nitrogens with zero attached hydrogens (tertiary/aromatic N) is 4. The Labute approximate surface area is 212 Å². The van der Waals surface area contributed by atoms with Crippen LogP contribution < -0.4 is 5.69 Å². The molecule has 1 aliphatic rings. The van der Waals surface area contributed by atoms with Crippen LogP contribution in [0.3, 0.4) is 0 Å². The van der Waals surface area contributed by atoms with Crippen molar-refractivity contribution >= 4 is 28.8 Å². The van der Waals surface area contributed by atoms with Gasteiger partial charge >= 0.3 is 5.69 Å². The fraction of sp³-hybridized carbons (Fsp3) is 0.792. The number of aromatic nitrogens is 2. The van der Waals surface area contributed by atoms with Crippen LogP contribution in [-0.4, -0.2) is 81.5 Å². The van der Waals surface area contributed by atoms with Gasteiger partial charge in [-0.25, -0.2) is 9.79 Å². The molecule has 2 heterocycles. The van der Waals surface area contributed by atoms with Gasteiger partial charge in [0.15, 0.2) is 28.7 Å². The Bertz CT molecular complexity index is 950. The van der Waals surface area contributed by atoms with Crippen molar-refractivity contribution in [3.63, 3.8) is 0 Å². The Hall–Kier alpha value is -1.38. The van der Waals surface area contributed by atoms with Crippen molar-refractivity contribution in [1.82, 2.24) is 14.5 Å². The van der Waals surface area contributed by atoms with E-state index in [0.29, 0.717) is 5.82 Å². The summed E-state index contributed by atoms with van der Waals surface area (Å²) in [5.41, 5.74) is -0.489. The molecule has 0 saturated carbocycles. The number of aliphatic hydroxyl groups is 1. The summed E-state index contributed by atoms with van der Waals surface area (Å²) in [5.74, 6) is 0.313. The highest BCUT2D eigenvalue weighted by molar-refractivity contribution is 6.74. The first-order valence-electron chi connectivity index (χ1n) is 12.2. The number of ether oxygens (including phenoxy) is 1. The fourth-order valence-corrected chi connectivity index (χ4v) is 5.83. The van der Waals surface area contributed by atoms with Gasteiger partial charge in [0, 0.05) is 20.3 Å². The van der Waals surface area contributed by atoms with Gasteiger partial charge in [-0.3, -0.25) is 4.57 Å². The van der Waals surface area contributed by atoms with Gasteiger partial charge in [-0.2, -0.15) is 4.98 Å². The number of rotatable bonds is 8. The molecular formula is C24H46N4O5Si2. The van der Waals surface area contributed by atoms with Crippen molar-refractivity contribution in [3.05, 3.63) is 22.7 Å². The average molecular weight is 527 g/mol. The lowest BCUT2D eigenvalue weighted by Gasteiger charge is -2.44. The standard InChI is InChI=1S/C24H46N4O5Si2/c1-23(2,3)34(9,10)32-19-17(15-29)31-21(20(19)33-35(11,12)24(4,5)6)28-14-13-18(26-22(28)30)25-16-27(7)8/h13-14,16-17,19-21,29H,15H2,1-12H3/t17-,19-,20+,21-/m1/s1. The highest BCUT2D eigenvalue weighted by atomic mass is 28.4. The zero-order valence-electron chi connectivity index (χ0n) is 23.6. The Morgan fingerprint density at radius 1 is 1.09 bits per heavy atom. The second-order valence-corrected chi connectivity index (χ2v) is 22.1. The average Bonchev–Trinajstić information content (AvgIpc) is 3.00. The lowest BCUT2D eigenvalue weighted by atomic mass is 10.1. The quantitative estimate of drug-likeness (QED) is 0.309. The number of aliphatic imine (C=N–C) groups is 1. The van der Waals surface area contributed by atoms with Gasteiger partial charge in [0.2, 0.25) is 0 Å². The third kappa shape index (κ3) is 6.89. The SMILES string of the molecule is CN(C)C=Nc1ccn([C@@H]2O[C@H](CO)[C@@H](O[Si](C)(C)C(C)(C)C)[C@@H]2O[Si](C)(C)C(C)(C)C)c(=O)n1. The zero-order valence-corrected chi connectivity index (χ0v) is 25.6. The first-order valence-corrected chi connectivity index (χ1v) is 18.0. The van der Waals surface area contributed by atoms with Crippen LogP contribution in [0.4, 0.5) is 5.82 Å². The summed E-state index contributed by atoms with van der Waals surface area (Å²) >= 11 is 0. The van der Waals surface area contributed by atoms with Gasteiger partial charge in [-0.05, 0) is 42.3 Å². The topological polar surface area (TPSA) is 98.4 Å². The van der Waals surface area contributed by atoms with E-state index in [1.165, 1.54) is 4.57 Å². The first-order chi connectivity index (χ1) is 15.8. The van der Waals surface area contributed by atoms with Crippen molar-refractivity contribution in [2.75, 3.05) is 20.7 Å². The number of aliphatic hydroxyl groups excluding tert-OH is 1. The Morgan fingerprint density at radius 2 is 1.60 bits per heavy atom. The van der Waals surface area contributed by atoms with E-state index < -0.39 is 46.9 Å². The molecule has 1 saturated heterocycles. The largest absolute Gasteiger partial charge is 0.408 e. The van der Waals surface area contributed by atoms with Crippen LogP contribution in [0.5, 0.6) is 0 Å². The van der Waals surface area contributed by atoms with E-state index in [4.69, 9.17) is 13.6 Å². The molecule has 4 atom stereocenters. The summed E-state index contributed by atoms with van der Waals surface area (Å²) in [5, 5.41) is 10.1. The van der Waals surface area contributed by atoms with Crippen LogP contribution in [0.15, 0.2) is 22.1 Å². The van der Waals surface area contributed by atoms with Crippen LogP contribution in [-0.2, 0) is 13.6 Å². The Morgan fingerprint density at radius 3 is 2.03 bits per heavy atom. The zero-order chi connectivity index (χ0) is 27.0. The summed E-state index contributed by atoms with van der Waals surface area (Å²) in [6.45, 7) is 21.5. The summed E-state index contributed by atoms with van der Waals surface area (Å²) < 4.78 is 21.4. The highest BCUT2D eigenvalue weighted by Crippen LogP contribution is 2.45. The molecule has 1 fully saturated rings. The van der Waals surface area contributed by atoms with Gasteiger partial charge in [0.1, 0.15) is 18.3 Å². The van der Waals surface area contributed by atoms with Gasteiger partial charge in [-0.15, -0.1) is 0 Å². The van der Waals surface area contributed by atoms with E-state index in [1.807, 2.05) is 14.1 Å². The van der Waals surface area contributed by atoms with Gasteiger partial charge in [0.25, 0.3) is 0 Å². The minimum Gasteiger partial charge on any atom is -0.408 e. The van der Waals surface area contributed by atoms with Gasteiger partial charge in [0.05, 0.1) is 12.9 Å². The van der Waals surface area contributed by atoms with Crippen LogP contribution >= 0.6 is 0 Å². The monoisotopic (exact) mass is 526 g/mol. The summed E-state index contributed by atoms with van der Waals surface area (Å²) in [7, 11) is -0.853. The molecule has 0 bridgehead atoms. The summed E-state index contributed by atoms with van der Waals surface area (Å²) in [6, 6.07) is 1.67. The maximum Gasteiger partial charge on any atom is 0.351 e. The molecule has 0 amide bonds. The summed E-state index contributed by atoms with van der Waals surface area (Å²) in [4.78, 5) is 23.2. The van der Waals surface area contributed by atoms with Gasteiger partial charge < -0.3 is 23.6 Å². The third-order valence-electron chi connectivity index (χ3n) is 7.45. The fourth-order valence-electron chi connectivity index (χ4n) is 3.22. The molecule has 0 spiro atoms. The minimum absolute atomic E-state index is 0.0445. The normalized spacial score (nSPS) is 24.4. The van der Waals surface area contributed by atoms with Crippen molar-refractivity contribution in [1.29, 1.82) is 0 Å². The van der Waals surface area contributed by atoms with Crippen LogP contribution in [0.2, 0.25) is 36.3 Å². The minimum atomic E-state index is -2.29. The van der Waals surface area contributed by atoms with E-state index >= 15 is 0 Å². The van der Waals surface area contributed by atoms with Crippen LogP contribution in [0, 0.1) is 0 Å². The molecule has 9 nitrogen and oxygen atoms in total. The molecule has 0 aliphatic carbocycles. The molecule has 35 heavy (non-hydrogen) atoms. The molecule has 2 rings (SSSR count). The van der Waals surface area contributed by atoms with E-state index in [1.54, 1.807) is 23.5 Å². The molecule has 0 unspecified atom stereocenters. The Kier molecular flexibility index (Phi) is 8.99. The second kappa shape index (κ2) is 10.5. The second-order valence-electron chi connectivity index (χ2n) is 12.6. The lowest BCUT2D eigenvalue weighted by Crippen LogP contribution is -2.54. The van der Waals surface area contributed by atoms with Crippen LogP contribution in [0.25, 0.3) is 0 Å². The van der Waals surface area contributed by atoms with Gasteiger partial charge in [-0.1, -0.05) is 41.5 Å². The molecule has 1 aromatic rings. The molecule has 1 aliphatic heterocycles. The van der Waals surface area contributed by atoms with Crippen molar-refractivity contribution in [2.24, 2.45) is 4.99 Å². The van der Waals surface area contributed by atoms with E-state index in [-0.39, 0.29) is 16.7 Å². The van der Waals surface area contributed by atoms with E-state index in [0.717, 1.165) is 0 Å². The van der Waals surface area contributed by atoms with E-state index in [2.05, 4.69) is 77.7 Å². The molecule has 0 aromatic carbocycles. The Balaban J connectivity index is 2.56. The number of hydrogen-bond donors (Lipinski definition) is 1. The molecular weight excluding hydrogens is 480 g/mol. The lowest BCUT2D eigenvalue weighted by molar-refractivity contribution is -0.0529. The molecule has 200 valence electrons. The summed E-state index contributed by atoms with van der Waals surface area (Å²) in [6.07, 6.45) is 0.737. The smallest absolute Gasteiger partial charge is 0.351 e. The number of hydrogen-bond acceptors (Lipinski definition) is 7. The van der Waals surface area contributed by atoms with Crippen molar-refractivity contribution in [3.8, 4) is 0 Å². The molecule has 11 heteroatoms. The first kappa shape index (κ1) is 29.9. The maximum absolute atomic E-state index is 13.1. The van der Waals surface area contributed by atoms with Crippen molar-refractivity contribution < 1.29 is 18.7 Å². The maximum atomic E-state index is 13.1.